The van der Waals surface area contributed by atoms with Gasteiger partial charge < -0.3 is 4.74 Å². The molecule has 13 heavy (non-hydrogen) atoms. The van der Waals surface area contributed by atoms with Gasteiger partial charge in [0.2, 0.25) is 0 Å². The molecule has 0 bridgehead atoms. The molecule has 0 amide bonds. The van der Waals surface area contributed by atoms with E-state index in [-0.39, 0.29) is 0 Å². The van der Waals surface area contributed by atoms with Gasteiger partial charge in [-0.05, 0) is 30.9 Å². The molecule has 1 heterocycles. The second-order valence-corrected chi connectivity index (χ2v) is 3.95. The Morgan fingerprint density at radius 1 is 1.38 bits per heavy atom. The van der Waals surface area contributed by atoms with Crippen molar-refractivity contribution in [3.8, 4) is 0 Å². The minimum Gasteiger partial charge on any atom is -0.378 e. The Labute approximate surface area is 84.5 Å². The molecule has 1 aromatic rings. The first kappa shape index (κ1) is 9.10. The average molecular weight is 194 g/mol. The average Bonchev–Trinajstić information content (AvgIpc) is 2.61. The molecule has 1 unspecified atom stereocenters. The molecule has 1 atom stereocenters. The summed E-state index contributed by atoms with van der Waals surface area (Å²) in [5.41, 5.74) is 1.30. The molecule has 0 aromatic heterocycles. The highest BCUT2D eigenvalue weighted by Gasteiger charge is 2.16. The number of benzene rings is 1. The highest BCUT2D eigenvalue weighted by atomic mass is 32.1. The van der Waals surface area contributed by atoms with Crippen LogP contribution in [0.25, 0.3) is 0 Å². The Balaban J connectivity index is 2.04. The fourth-order valence-electron chi connectivity index (χ4n) is 1.73. The summed E-state index contributed by atoms with van der Waals surface area (Å²) in [6.07, 6.45) is 3.84. The van der Waals surface area contributed by atoms with Gasteiger partial charge in [0, 0.05) is 11.5 Å². The fraction of sp³-hybridized carbons (Fsp3) is 0.455. The van der Waals surface area contributed by atoms with Gasteiger partial charge in [-0.2, -0.15) is 0 Å². The Morgan fingerprint density at radius 3 is 2.92 bits per heavy atom. The van der Waals surface area contributed by atoms with E-state index in [4.69, 9.17) is 4.74 Å². The van der Waals surface area contributed by atoms with Gasteiger partial charge in [0.25, 0.3) is 0 Å². The summed E-state index contributed by atoms with van der Waals surface area (Å²) in [4.78, 5) is 1.08. The molecule has 1 fully saturated rings. The minimum atomic E-state index is 0.424. The van der Waals surface area contributed by atoms with Gasteiger partial charge in [0.1, 0.15) is 0 Å². The second-order valence-electron chi connectivity index (χ2n) is 3.47. The van der Waals surface area contributed by atoms with Crippen LogP contribution < -0.4 is 0 Å². The van der Waals surface area contributed by atoms with E-state index in [0.29, 0.717) is 6.10 Å². The Morgan fingerprint density at radius 2 is 2.23 bits per heavy atom. The Bertz CT molecular complexity index is 279. The molecule has 1 saturated heterocycles. The molecule has 2 heteroatoms. The van der Waals surface area contributed by atoms with Crippen LogP contribution in [0.2, 0.25) is 0 Å². The minimum absolute atomic E-state index is 0.424. The van der Waals surface area contributed by atoms with Crippen molar-refractivity contribution < 1.29 is 4.74 Å². The molecule has 0 spiro atoms. The standard InChI is InChI=1S/C11H14OS/c13-11-6-2-1-4-9(11)8-10-5-3-7-12-10/h1-2,4,6,10,13H,3,5,7-8H2. The number of ether oxygens (including phenoxy) is 1. The number of hydrogen-bond acceptors (Lipinski definition) is 2. The highest BCUT2D eigenvalue weighted by Crippen LogP contribution is 2.21. The van der Waals surface area contributed by atoms with Crippen molar-refractivity contribution in [3.63, 3.8) is 0 Å². The molecule has 0 N–H and O–H groups in total. The molecule has 0 saturated carbocycles. The van der Waals surface area contributed by atoms with Crippen LogP contribution in [0.1, 0.15) is 18.4 Å². The van der Waals surface area contributed by atoms with Crippen LogP contribution in [0.3, 0.4) is 0 Å². The molecule has 0 aliphatic carbocycles. The molecular formula is C11H14OS. The molecular weight excluding hydrogens is 180 g/mol. The first-order chi connectivity index (χ1) is 6.36. The third-order valence-corrected chi connectivity index (χ3v) is 2.90. The van der Waals surface area contributed by atoms with Crippen molar-refractivity contribution in [1.29, 1.82) is 0 Å². The zero-order chi connectivity index (χ0) is 9.10. The third-order valence-electron chi connectivity index (χ3n) is 2.46. The molecule has 2 rings (SSSR count). The van der Waals surface area contributed by atoms with E-state index < -0.39 is 0 Å². The summed E-state index contributed by atoms with van der Waals surface area (Å²) < 4.78 is 5.58. The predicted molar refractivity (Wildman–Crippen MR) is 56.4 cm³/mol. The van der Waals surface area contributed by atoms with Crippen molar-refractivity contribution in [1.82, 2.24) is 0 Å². The Kier molecular flexibility index (Phi) is 2.91. The van der Waals surface area contributed by atoms with Crippen LogP contribution in [0, 0.1) is 0 Å². The maximum atomic E-state index is 5.58. The van der Waals surface area contributed by atoms with Crippen molar-refractivity contribution in [2.75, 3.05) is 6.61 Å². The van der Waals surface area contributed by atoms with E-state index in [0.717, 1.165) is 17.9 Å². The van der Waals surface area contributed by atoms with Crippen LogP contribution in [0.15, 0.2) is 29.2 Å². The smallest absolute Gasteiger partial charge is 0.0616 e. The SMILES string of the molecule is Sc1ccccc1CC1CCCO1. The Hall–Kier alpha value is -0.470. The van der Waals surface area contributed by atoms with Crippen molar-refractivity contribution in [3.05, 3.63) is 29.8 Å². The molecule has 1 aliphatic rings. The largest absolute Gasteiger partial charge is 0.378 e. The predicted octanol–water partition coefficient (Wildman–Crippen LogP) is 2.70. The number of rotatable bonds is 2. The maximum absolute atomic E-state index is 5.58. The molecule has 1 aliphatic heterocycles. The fourth-order valence-corrected chi connectivity index (χ4v) is 1.99. The van der Waals surface area contributed by atoms with Crippen LogP contribution in [0.5, 0.6) is 0 Å². The lowest BCUT2D eigenvalue weighted by Gasteiger charge is -2.10. The third kappa shape index (κ3) is 2.26. The van der Waals surface area contributed by atoms with Crippen molar-refractivity contribution in [2.24, 2.45) is 0 Å². The summed E-state index contributed by atoms with van der Waals surface area (Å²) in [5, 5.41) is 0. The van der Waals surface area contributed by atoms with E-state index in [1.54, 1.807) is 0 Å². The van der Waals surface area contributed by atoms with E-state index in [2.05, 4.69) is 24.8 Å². The van der Waals surface area contributed by atoms with Gasteiger partial charge in [0.05, 0.1) is 6.10 Å². The summed E-state index contributed by atoms with van der Waals surface area (Å²) in [5.74, 6) is 0. The van der Waals surface area contributed by atoms with Crippen molar-refractivity contribution >= 4 is 12.6 Å². The zero-order valence-electron chi connectivity index (χ0n) is 7.57. The molecule has 0 radical (unpaired) electrons. The number of hydrogen-bond donors (Lipinski definition) is 1. The van der Waals surface area contributed by atoms with E-state index in [1.165, 1.54) is 18.4 Å². The van der Waals surface area contributed by atoms with E-state index in [1.807, 2.05) is 12.1 Å². The van der Waals surface area contributed by atoms with Gasteiger partial charge in [-0.1, -0.05) is 18.2 Å². The highest BCUT2D eigenvalue weighted by molar-refractivity contribution is 7.80. The van der Waals surface area contributed by atoms with Gasteiger partial charge in [-0.15, -0.1) is 12.6 Å². The quantitative estimate of drug-likeness (QED) is 0.712. The normalized spacial score (nSPS) is 22.1. The summed E-state index contributed by atoms with van der Waals surface area (Å²) in [6.45, 7) is 0.930. The molecule has 1 nitrogen and oxygen atoms in total. The maximum Gasteiger partial charge on any atom is 0.0616 e. The first-order valence-corrected chi connectivity index (χ1v) is 5.19. The zero-order valence-corrected chi connectivity index (χ0v) is 8.47. The lowest BCUT2D eigenvalue weighted by Crippen LogP contribution is -2.09. The second kappa shape index (κ2) is 4.16. The molecule has 70 valence electrons. The lowest BCUT2D eigenvalue weighted by atomic mass is 10.1. The lowest BCUT2D eigenvalue weighted by molar-refractivity contribution is 0.111. The molecule has 1 aromatic carbocycles. The topological polar surface area (TPSA) is 9.23 Å². The monoisotopic (exact) mass is 194 g/mol. The van der Waals surface area contributed by atoms with Crippen LogP contribution in [-0.2, 0) is 11.2 Å². The van der Waals surface area contributed by atoms with Gasteiger partial charge in [-0.3, -0.25) is 0 Å². The van der Waals surface area contributed by atoms with Gasteiger partial charge in [0.15, 0.2) is 0 Å². The van der Waals surface area contributed by atoms with Crippen LogP contribution in [0.4, 0.5) is 0 Å². The summed E-state index contributed by atoms with van der Waals surface area (Å²) in [6, 6.07) is 8.24. The number of thiol groups is 1. The van der Waals surface area contributed by atoms with E-state index >= 15 is 0 Å². The van der Waals surface area contributed by atoms with E-state index in [9.17, 15) is 0 Å². The first-order valence-electron chi connectivity index (χ1n) is 4.75. The van der Waals surface area contributed by atoms with Gasteiger partial charge in [-0.25, -0.2) is 0 Å². The summed E-state index contributed by atoms with van der Waals surface area (Å²) in [7, 11) is 0. The van der Waals surface area contributed by atoms with Crippen LogP contribution in [-0.4, -0.2) is 12.7 Å². The summed E-state index contributed by atoms with van der Waals surface area (Å²) >= 11 is 4.42. The van der Waals surface area contributed by atoms with Gasteiger partial charge >= 0.3 is 0 Å². The van der Waals surface area contributed by atoms with Crippen LogP contribution >= 0.6 is 12.6 Å². The van der Waals surface area contributed by atoms with Crippen molar-refractivity contribution in [2.45, 2.75) is 30.3 Å².